The predicted molar refractivity (Wildman–Crippen MR) is 75.7 cm³/mol. The fraction of sp³-hybridized carbons (Fsp3) is 0.385. The van der Waals surface area contributed by atoms with Gasteiger partial charge in [-0.2, -0.15) is 4.68 Å². The quantitative estimate of drug-likeness (QED) is 0.635. The van der Waals surface area contributed by atoms with Crippen LogP contribution in [0.25, 0.3) is 5.69 Å². The predicted octanol–water partition coefficient (Wildman–Crippen LogP) is 2.10. The Kier molecular flexibility index (Phi) is 4.39. The number of tetrazole rings is 1. The first-order valence-electron chi connectivity index (χ1n) is 6.14. The summed E-state index contributed by atoms with van der Waals surface area (Å²) in [6.45, 7) is 5.51. The second kappa shape index (κ2) is 6.04. The molecular formula is C13H16N4O2S. The van der Waals surface area contributed by atoms with Crippen LogP contribution < -0.4 is 0 Å². The third-order valence-electron chi connectivity index (χ3n) is 2.18. The number of thioether (sulfide) groups is 1. The Hall–Kier alpha value is -1.89. The average molecular weight is 292 g/mol. The third kappa shape index (κ3) is 4.06. The molecule has 0 fully saturated rings. The second-order valence-corrected chi connectivity index (χ2v) is 6.03. The number of hydrogen-bond donors (Lipinski definition) is 0. The number of rotatable bonds is 4. The van der Waals surface area contributed by atoms with Crippen LogP contribution in [-0.4, -0.2) is 37.5 Å². The van der Waals surface area contributed by atoms with Crippen LogP contribution in [0, 0.1) is 0 Å². The van der Waals surface area contributed by atoms with Crippen LogP contribution in [0.3, 0.4) is 0 Å². The van der Waals surface area contributed by atoms with E-state index in [0.29, 0.717) is 5.16 Å². The standard InChI is InChI=1S/C13H16N4O2S/c1-13(2,3)19-11(18)9-20-12-14-15-16-17(12)10-7-5-4-6-8-10/h4-8H,9H2,1-3H3. The molecule has 0 radical (unpaired) electrons. The Bertz CT molecular complexity index is 578. The van der Waals surface area contributed by atoms with Crippen molar-refractivity contribution >= 4 is 17.7 Å². The Morgan fingerprint density at radius 2 is 2.00 bits per heavy atom. The van der Waals surface area contributed by atoms with Gasteiger partial charge in [-0.05, 0) is 43.3 Å². The van der Waals surface area contributed by atoms with Gasteiger partial charge in [0.2, 0.25) is 5.16 Å². The largest absolute Gasteiger partial charge is 0.459 e. The summed E-state index contributed by atoms with van der Waals surface area (Å²) in [4.78, 5) is 11.7. The number of nitrogens with zero attached hydrogens (tertiary/aromatic N) is 4. The first-order valence-corrected chi connectivity index (χ1v) is 7.13. The van der Waals surface area contributed by atoms with Crippen molar-refractivity contribution in [2.24, 2.45) is 0 Å². The summed E-state index contributed by atoms with van der Waals surface area (Å²) in [6.07, 6.45) is 0. The smallest absolute Gasteiger partial charge is 0.316 e. The van der Waals surface area contributed by atoms with E-state index in [4.69, 9.17) is 4.74 Å². The number of hydrogen-bond acceptors (Lipinski definition) is 6. The zero-order chi connectivity index (χ0) is 14.6. The van der Waals surface area contributed by atoms with Gasteiger partial charge < -0.3 is 4.74 Å². The molecule has 0 unspecified atom stereocenters. The van der Waals surface area contributed by atoms with E-state index in [1.165, 1.54) is 11.8 Å². The Labute approximate surface area is 121 Å². The molecule has 2 aromatic rings. The molecule has 6 nitrogen and oxygen atoms in total. The molecule has 0 amide bonds. The van der Waals surface area contributed by atoms with Crippen LogP contribution in [0.4, 0.5) is 0 Å². The fourth-order valence-corrected chi connectivity index (χ4v) is 2.16. The van der Waals surface area contributed by atoms with Gasteiger partial charge in [-0.25, -0.2) is 0 Å². The second-order valence-electron chi connectivity index (χ2n) is 5.08. The maximum Gasteiger partial charge on any atom is 0.316 e. The number of ether oxygens (including phenoxy) is 1. The van der Waals surface area contributed by atoms with Crippen molar-refractivity contribution in [1.82, 2.24) is 20.2 Å². The highest BCUT2D eigenvalue weighted by Gasteiger charge is 2.18. The highest BCUT2D eigenvalue weighted by molar-refractivity contribution is 7.99. The Balaban J connectivity index is 2.02. The van der Waals surface area contributed by atoms with Crippen molar-refractivity contribution in [3.05, 3.63) is 30.3 Å². The van der Waals surface area contributed by atoms with Crippen LogP contribution in [-0.2, 0) is 9.53 Å². The summed E-state index contributed by atoms with van der Waals surface area (Å²) in [5.74, 6) is -0.116. The third-order valence-corrected chi connectivity index (χ3v) is 3.07. The molecule has 20 heavy (non-hydrogen) atoms. The molecule has 7 heteroatoms. The Morgan fingerprint density at radius 1 is 1.30 bits per heavy atom. The van der Waals surface area contributed by atoms with Gasteiger partial charge in [-0.15, -0.1) is 5.10 Å². The van der Waals surface area contributed by atoms with Gasteiger partial charge in [-0.1, -0.05) is 30.0 Å². The molecule has 0 saturated carbocycles. The van der Waals surface area contributed by atoms with E-state index in [1.54, 1.807) is 4.68 Å². The molecule has 0 N–H and O–H groups in total. The van der Waals surface area contributed by atoms with Crippen molar-refractivity contribution in [3.63, 3.8) is 0 Å². The van der Waals surface area contributed by atoms with Gasteiger partial charge in [0.05, 0.1) is 11.4 Å². The van der Waals surface area contributed by atoms with E-state index < -0.39 is 5.60 Å². The van der Waals surface area contributed by atoms with E-state index in [9.17, 15) is 4.79 Å². The van der Waals surface area contributed by atoms with E-state index >= 15 is 0 Å². The van der Waals surface area contributed by atoms with Gasteiger partial charge in [0.25, 0.3) is 0 Å². The number of aromatic nitrogens is 4. The van der Waals surface area contributed by atoms with Crippen molar-refractivity contribution in [1.29, 1.82) is 0 Å². The number of para-hydroxylation sites is 1. The molecule has 106 valence electrons. The summed E-state index contributed by atoms with van der Waals surface area (Å²) in [7, 11) is 0. The van der Waals surface area contributed by atoms with Gasteiger partial charge in [0.1, 0.15) is 5.60 Å². The highest BCUT2D eigenvalue weighted by atomic mass is 32.2. The molecule has 0 aliphatic carbocycles. The molecule has 0 aliphatic heterocycles. The van der Waals surface area contributed by atoms with Crippen molar-refractivity contribution in [3.8, 4) is 5.69 Å². The Morgan fingerprint density at radius 3 is 2.65 bits per heavy atom. The van der Waals surface area contributed by atoms with E-state index in [0.717, 1.165) is 5.69 Å². The molecule has 1 aromatic carbocycles. The van der Waals surface area contributed by atoms with Gasteiger partial charge in [-0.3, -0.25) is 4.79 Å². The number of esters is 1. The maximum atomic E-state index is 11.7. The summed E-state index contributed by atoms with van der Waals surface area (Å²) < 4.78 is 6.84. The van der Waals surface area contributed by atoms with Crippen LogP contribution >= 0.6 is 11.8 Å². The van der Waals surface area contributed by atoms with Crippen molar-refractivity contribution < 1.29 is 9.53 Å². The van der Waals surface area contributed by atoms with E-state index in [-0.39, 0.29) is 11.7 Å². The fourth-order valence-electron chi connectivity index (χ4n) is 1.49. The summed E-state index contributed by atoms with van der Waals surface area (Å²) in [5.41, 5.74) is 0.368. The van der Waals surface area contributed by atoms with Crippen LogP contribution in [0.2, 0.25) is 0 Å². The molecule has 1 aromatic heterocycles. The minimum atomic E-state index is -0.483. The average Bonchev–Trinajstić information content (AvgIpc) is 2.83. The molecule has 0 bridgehead atoms. The highest BCUT2D eigenvalue weighted by Crippen LogP contribution is 2.19. The zero-order valence-electron chi connectivity index (χ0n) is 11.6. The van der Waals surface area contributed by atoms with Crippen LogP contribution in [0.5, 0.6) is 0 Å². The molecule has 0 saturated heterocycles. The minimum Gasteiger partial charge on any atom is -0.459 e. The molecule has 1 heterocycles. The summed E-state index contributed by atoms with van der Waals surface area (Å²) >= 11 is 1.25. The molecular weight excluding hydrogens is 276 g/mol. The first-order chi connectivity index (χ1) is 9.46. The van der Waals surface area contributed by atoms with E-state index in [1.807, 2.05) is 51.1 Å². The minimum absolute atomic E-state index is 0.171. The first kappa shape index (κ1) is 14.5. The topological polar surface area (TPSA) is 69.9 Å². The van der Waals surface area contributed by atoms with Crippen LogP contribution in [0.15, 0.2) is 35.5 Å². The molecule has 2 rings (SSSR count). The SMILES string of the molecule is CC(C)(C)OC(=O)CSc1nnnn1-c1ccccc1. The number of carbonyl (C=O) groups excluding carboxylic acids is 1. The van der Waals surface area contributed by atoms with Gasteiger partial charge in [0, 0.05) is 0 Å². The number of carbonyl (C=O) groups is 1. The normalized spacial score (nSPS) is 11.3. The lowest BCUT2D eigenvalue weighted by Crippen LogP contribution is -2.25. The monoisotopic (exact) mass is 292 g/mol. The lowest BCUT2D eigenvalue weighted by Gasteiger charge is -2.19. The van der Waals surface area contributed by atoms with Gasteiger partial charge in [0.15, 0.2) is 0 Å². The summed E-state index contributed by atoms with van der Waals surface area (Å²) in [5, 5.41) is 12.0. The lowest BCUT2D eigenvalue weighted by atomic mass is 10.2. The zero-order valence-corrected chi connectivity index (χ0v) is 12.4. The molecule has 0 spiro atoms. The molecule has 0 aliphatic rings. The van der Waals surface area contributed by atoms with Crippen molar-refractivity contribution in [2.45, 2.75) is 31.5 Å². The van der Waals surface area contributed by atoms with E-state index in [2.05, 4.69) is 15.5 Å². The van der Waals surface area contributed by atoms with Crippen molar-refractivity contribution in [2.75, 3.05) is 5.75 Å². The maximum absolute atomic E-state index is 11.7. The molecule has 0 atom stereocenters. The summed E-state index contributed by atoms with van der Waals surface area (Å²) in [6, 6.07) is 9.52. The van der Waals surface area contributed by atoms with Gasteiger partial charge >= 0.3 is 5.97 Å². The van der Waals surface area contributed by atoms with Crippen LogP contribution in [0.1, 0.15) is 20.8 Å². The lowest BCUT2D eigenvalue weighted by molar-refractivity contribution is -0.151. The number of benzene rings is 1.